The number of benzene rings is 2. The molecule has 2 nitrogen and oxygen atoms in total. The predicted molar refractivity (Wildman–Crippen MR) is 79.8 cm³/mol. The molecule has 2 aromatic rings. The van der Waals surface area contributed by atoms with Crippen LogP contribution < -0.4 is 10.1 Å². The molecular weight excluding hydrogens is 334 g/mol. The number of rotatable bonds is 2. The van der Waals surface area contributed by atoms with Crippen LogP contribution in [0.25, 0.3) is 0 Å². The highest BCUT2D eigenvalue weighted by Crippen LogP contribution is 2.48. The third-order valence-corrected chi connectivity index (χ3v) is 4.12. The standard InChI is InChI=1S/C16H12ClF4NO/c1-23-14-5-3-10(17)7-12(14)15(18)8-22-13-6-9(16(19,20)21)2-4-11(13)15/h2-7,22H,8H2,1H3/t15-/m1/s1. The molecular formula is C16H12ClF4NO. The van der Waals surface area contributed by atoms with E-state index in [0.29, 0.717) is 5.02 Å². The topological polar surface area (TPSA) is 21.3 Å². The second kappa shape index (κ2) is 5.30. The van der Waals surface area contributed by atoms with Crippen LogP contribution >= 0.6 is 11.6 Å². The van der Waals surface area contributed by atoms with E-state index in [4.69, 9.17) is 16.3 Å². The van der Waals surface area contributed by atoms with Gasteiger partial charge in [-0.2, -0.15) is 13.2 Å². The number of alkyl halides is 4. The van der Waals surface area contributed by atoms with Crippen LogP contribution in [0.5, 0.6) is 5.75 Å². The number of hydrogen-bond acceptors (Lipinski definition) is 2. The number of methoxy groups -OCH3 is 1. The number of fused-ring (bicyclic) bond motifs is 1. The highest BCUT2D eigenvalue weighted by atomic mass is 35.5. The second-order valence-electron chi connectivity index (χ2n) is 5.26. The minimum Gasteiger partial charge on any atom is -0.496 e. The molecule has 0 bridgehead atoms. The summed E-state index contributed by atoms with van der Waals surface area (Å²) in [5, 5.41) is 3.02. The van der Waals surface area contributed by atoms with Crippen molar-refractivity contribution in [3.8, 4) is 5.75 Å². The number of anilines is 1. The van der Waals surface area contributed by atoms with Gasteiger partial charge in [0, 0.05) is 21.8 Å². The van der Waals surface area contributed by atoms with Crippen molar-refractivity contribution in [1.29, 1.82) is 0 Å². The first-order chi connectivity index (χ1) is 10.8. The van der Waals surface area contributed by atoms with Gasteiger partial charge in [-0.3, -0.25) is 0 Å². The second-order valence-corrected chi connectivity index (χ2v) is 5.69. The smallest absolute Gasteiger partial charge is 0.416 e. The van der Waals surface area contributed by atoms with E-state index >= 15 is 4.39 Å². The van der Waals surface area contributed by atoms with Crippen LogP contribution in [0.4, 0.5) is 23.2 Å². The first kappa shape index (κ1) is 15.9. The molecule has 0 fully saturated rings. The fraction of sp³-hybridized carbons (Fsp3) is 0.250. The Morgan fingerprint density at radius 3 is 2.52 bits per heavy atom. The van der Waals surface area contributed by atoms with Gasteiger partial charge in [0.05, 0.1) is 19.2 Å². The Balaban J connectivity index is 2.13. The quantitative estimate of drug-likeness (QED) is 0.773. The zero-order chi connectivity index (χ0) is 16.8. The summed E-state index contributed by atoms with van der Waals surface area (Å²) in [6.07, 6.45) is -4.48. The van der Waals surface area contributed by atoms with Crippen LogP contribution in [0.15, 0.2) is 36.4 Å². The molecule has 1 heterocycles. The van der Waals surface area contributed by atoms with Gasteiger partial charge < -0.3 is 10.1 Å². The van der Waals surface area contributed by atoms with Gasteiger partial charge in [0.1, 0.15) is 5.75 Å². The minimum absolute atomic E-state index is 0.115. The van der Waals surface area contributed by atoms with Crippen molar-refractivity contribution in [2.24, 2.45) is 0 Å². The van der Waals surface area contributed by atoms with Gasteiger partial charge >= 0.3 is 6.18 Å². The van der Waals surface area contributed by atoms with Crippen molar-refractivity contribution in [2.45, 2.75) is 11.8 Å². The van der Waals surface area contributed by atoms with Gasteiger partial charge in [0.2, 0.25) is 0 Å². The Morgan fingerprint density at radius 1 is 1.13 bits per heavy atom. The molecule has 0 aromatic heterocycles. The van der Waals surface area contributed by atoms with E-state index < -0.39 is 17.4 Å². The van der Waals surface area contributed by atoms with Gasteiger partial charge in [-0.05, 0) is 30.3 Å². The van der Waals surface area contributed by atoms with Gasteiger partial charge in [0.15, 0.2) is 5.67 Å². The van der Waals surface area contributed by atoms with Crippen LogP contribution in [0.2, 0.25) is 5.02 Å². The summed E-state index contributed by atoms with van der Waals surface area (Å²) >= 11 is 5.93. The highest BCUT2D eigenvalue weighted by molar-refractivity contribution is 6.30. The lowest BCUT2D eigenvalue weighted by atomic mass is 9.88. The maximum Gasteiger partial charge on any atom is 0.416 e. The molecule has 1 aliphatic rings. The summed E-state index contributed by atoms with van der Waals surface area (Å²) in [4.78, 5) is 0. The number of nitrogens with one attached hydrogen (secondary N) is 1. The maximum atomic E-state index is 15.6. The largest absolute Gasteiger partial charge is 0.496 e. The molecule has 0 spiro atoms. The summed E-state index contributed by atoms with van der Waals surface area (Å²) in [5.74, 6) is 0.284. The molecule has 3 rings (SSSR count). The van der Waals surface area contributed by atoms with E-state index in [0.717, 1.165) is 18.2 Å². The van der Waals surface area contributed by atoms with E-state index in [1.54, 1.807) is 6.07 Å². The van der Waals surface area contributed by atoms with Crippen LogP contribution in [-0.4, -0.2) is 13.7 Å². The van der Waals surface area contributed by atoms with Crippen LogP contribution in [-0.2, 0) is 11.8 Å². The lowest BCUT2D eigenvalue weighted by Crippen LogP contribution is -2.25. The molecule has 7 heteroatoms. The van der Waals surface area contributed by atoms with Gasteiger partial charge in [0.25, 0.3) is 0 Å². The minimum atomic E-state index is -4.48. The zero-order valence-corrected chi connectivity index (χ0v) is 12.7. The summed E-state index contributed by atoms with van der Waals surface area (Å²) in [7, 11) is 1.39. The Bertz CT molecular complexity index is 762. The zero-order valence-electron chi connectivity index (χ0n) is 12.0. The average molecular weight is 346 g/mol. The molecule has 0 saturated heterocycles. The number of halogens is 5. The normalized spacial score (nSPS) is 20.1. The van der Waals surface area contributed by atoms with Gasteiger partial charge in [-0.15, -0.1) is 0 Å². The van der Waals surface area contributed by atoms with E-state index in [1.807, 2.05) is 0 Å². The number of hydrogen-bond donors (Lipinski definition) is 1. The molecule has 1 N–H and O–H groups in total. The SMILES string of the molecule is COc1ccc(Cl)cc1[C@@]1(F)CNc2cc(C(F)(F)F)ccc21. The molecule has 0 unspecified atom stereocenters. The first-order valence-corrected chi connectivity index (χ1v) is 7.12. The fourth-order valence-electron chi connectivity index (χ4n) is 2.75. The lowest BCUT2D eigenvalue weighted by Gasteiger charge is -2.23. The Hall–Kier alpha value is -1.95. The van der Waals surface area contributed by atoms with Crippen molar-refractivity contribution < 1.29 is 22.3 Å². The Kier molecular flexibility index (Phi) is 3.67. The van der Waals surface area contributed by atoms with Crippen molar-refractivity contribution >= 4 is 17.3 Å². The molecule has 1 atom stereocenters. The van der Waals surface area contributed by atoms with E-state index in [2.05, 4.69) is 5.32 Å². The van der Waals surface area contributed by atoms with Gasteiger partial charge in [-0.1, -0.05) is 17.7 Å². The first-order valence-electron chi connectivity index (χ1n) is 6.74. The molecule has 23 heavy (non-hydrogen) atoms. The molecule has 0 amide bonds. The molecule has 0 saturated carbocycles. The monoisotopic (exact) mass is 345 g/mol. The molecule has 2 aromatic carbocycles. The van der Waals surface area contributed by atoms with E-state index in [1.165, 1.54) is 19.2 Å². The predicted octanol–water partition coefficient (Wildman–Crippen LogP) is 5.01. The van der Waals surface area contributed by atoms with Gasteiger partial charge in [-0.25, -0.2) is 4.39 Å². The molecule has 122 valence electrons. The molecule has 0 aliphatic carbocycles. The Morgan fingerprint density at radius 2 is 1.87 bits per heavy atom. The fourth-order valence-corrected chi connectivity index (χ4v) is 2.93. The van der Waals surface area contributed by atoms with Crippen molar-refractivity contribution in [3.05, 3.63) is 58.1 Å². The summed E-state index contributed by atoms with van der Waals surface area (Å²) in [5.41, 5.74) is -2.42. The molecule has 0 radical (unpaired) electrons. The third kappa shape index (κ3) is 2.61. The van der Waals surface area contributed by atoms with Crippen molar-refractivity contribution in [2.75, 3.05) is 19.0 Å². The van der Waals surface area contributed by atoms with Crippen LogP contribution in [0.3, 0.4) is 0 Å². The summed E-state index contributed by atoms with van der Waals surface area (Å²) in [6, 6.07) is 7.45. The Labute approximate surface area is 135 Å². The van der Waals surface area contributed by atoms with Crippen molar-refractivity contribution in [1.82, 2.24) is 0 Å². The third-order valence-electron chi connectivity index (χ3n) is 3.88. The van der Waals surface area contributed by atoms with Crippen LogP contribution in [0.1, 0.15) is 16.7 Å². The molecule has 1 aliphatic heterocycles. The lowest BCUT2D eigenvalue weighted by molar-refractivity contribution is -0.137. The summed E-state index contributed by atoms with van der Waals surface area (Å²) in [6.45, 7) is -0.194. The van der Waals surface area contributed by atoms with Crippen LogP contribution in [0, 0.1) is 0 Å². The van der Waals surface area contributed by atoms with E-state index in [9.17, 15) is 13.2 Å². The average Bonchev–Trinajstić information content (AvgIpc) is 2.84. The van der Waals surface area contributed by atoms with Crippen molar-refractivity contribution in [3.63, 3.8) is 0 Å². The highest BCUT2D eigenvalue weighted by Gasteiger charge is 2.44. The van der Waals surface area contributed by atoms with E-state index in [-0.39, 0.29) is 29.1 Å². The number of ether oxygens (including phenoxy) is 1. The maximum absolute atomic E-state index is 15.6. The summed E-state index contributed by atoms with van der Waals surface area (Å²) < 4.78 is 59.1.